The van der Waals surface area contributed by atoms with Gasteiger partial charge in [-0.3, -0.25) is 0 Å². The van der Waals surface area contributed by atoms with Crippen molar-refractivity contribution in [1.29, 1.82) is 0 Å². The van der Waals surface area contributed by atoms with Crippen LogP contribution >= 0.6 is 0 Å². The summed E-state index contributed by atoms with van der Waals surface area (Å²) in [6.45, 7) is 7.88. The summed E-state index contributed by atoms with van der Waals surface area (Å²) in [4.78, 5) is 33.2. The molecule has 188 valence electrons. The summed E-state index contributed by atoms with van der Waals surface area (Å²) in [5.74, 6) is -1.68. The monoisotopic (exact) mass is 494 g/mol. The Balaban J connectivity index is 1.86. The summed E-state index contributed by atoms with van der Waals surface area (Å²) >= 11 is 0. The average molecular weight is 495 g/mol. The van der Waals surface area contributed by atoms with Gasteiger partial charge in [0.15, 0.2) is 5.41 Å². The summed E-state index contributed by atoms with van der Waals surface area (Å²) in [7, 11) is 0. The van der Waals surface area contributed by atoms with Crippen LogP contribution in [0.4, 0.5) is 0 Å². The standard InChI is InChI=1S/C31H30N2O4/c1-5-36-29(34)25-21(4)32-27(24-17-13-20(3)14-18-24)31(26(25)22-15-11-19(2)12-16-22)28(33-37-30(31)35)23-9-7-6-8-10-23/h6-18,26-27,32H,5H2,1-4H3/t26-,27-,31-/m1/s1. The molecule has 2 aliphatic rings. The molecule has 1 spiro atoms. The average Bonchev–Trinajstić information content (AvgIpc) is 3.23. The molecule has 0 amide bonds. The van der Waals surface area contributed by atoms with Crippen molar-refractivity contribution in [2.75, 3.05) is 6.61 Å². The number of rotatable bonds is 5. The Kier molecular flexibility index (Phi) is 6.42. The number of hydrogen-bond acceptors (Lipinski definition) is 6. The number of allylic oxidation sites excluding steroid dienone is 1. The van der Waals surface area contributed by atoms with E-state index in [4.69, 9.17) is 9.57 Å². The largest absolute Gasteiger partial charge is 0.463 e. The minimum Gasteiger partial charge on any atom is -0.463 e. The molecule has 0 bridgehead atoms. The van der Waals surface area contributed by atoms with Crippen molar-refractivity contribution in [2.45, 2.75) is 39.7 Å². The van der Waals surface area contributed by atoms with E-state index in [1.807, 2.05) is 99.6 Å². The van der Waals surface area contributed by atoms with Crippen LogP contribution in [-0.4, -0.2) is 24.3 Å². The molecule has 6 heteroatoms. The lowest BCUT2D eigenvalue weighted by molar-refractivity contribution is -0.151. The van der Waals surface area contributed by atoms with Crippen molar-refractivity contribution in [3.8, 4) is 0 Å². The molecule has 0 saturated carbocycles. The minimum atomic E-state index is -1.37. The van der Waals surface area contributed by atoms with Crippen LogP contribution in [0, 0.1) is 19.3 Å². The van der Waals surface area contributed by atoms with Crippen molar-refractivity contribution in [1.82, 2.24) is 5.32 Å². The molecule has 0 radical (unpaired) electrons. The van der Waals surface area contributed by atoms with Crippen LogP contribution in [0.25, 0.3) is 0 Å². The van der Waals surface area contributed by atoms with Gasteiger partial charge in [-0.1, -0.05) is 95.1 Å². The topological polar surface area (TPSA) is 77.0 Å². The maximum Gasteiger partial charge on any atom is 0.350 e. The summed E-state index contributed by atoms with van der Waals surface area (Å²) < 4.78 is 5.53. The van der Waals surface area contributed by atoms with E-state index in [1.165, 1.54) is 0 Å². The van der Waals surface area contributed by atoms with Crippen LogP contribution in [0.2, 0.25) is 0 Å². The van der Waals surface area contributed by atoms with Gasteiger partial charge in [-0.05, 0) is 38.8 Å². The van der Waals surface area contributed by atoms with E-state index in [-0.39, 0.29) is 6.61 Å². The molecule has 6 nitrogen and oxygen atoms in total. The number of oxime groups is 1. The first-order valence-electron chi connectivity index (χ1n) is 12.5. The highest BCUT2D eigenvalue weighted by atomic mass is 16.7. The van der Waals surface area contributed by atoms with Gasteiger partial charge in [0.25, 0.3) is 0 Å². The first-order chi connectivity index (χ1) is 17.9. The van der Waals surface area contributed by atoms with E-state index >= 15 is 0 Å². The molecule has 0 aromatic heterocycles. The van der Waals surface area contributed by atoms with Gasteiger partial charge in [0.05, 0.1) is 18.2 Å². The molecule has 3 atom stereocenters. The highest BCUT2D eigenvalue weighted by molar-refractivity contribution is 6.20. The highest BCUT2D eigenvalue weighted by Gasteiger charge is 2.65. The molecule has 0 fully saturated rings. The van der Waals surface area contributed by atoms with Gasteiger partial charge in [-0.2, -0.15) is 0 Å². The SMILES string of the molecule is CCOC(=O)C1=C(C)N[C@H](c2ccc(C)cc2)[C@]2(C(=O)ON=C2c2ccccc2)[C@@H]1c1ccc(C)cc1. The number of nitrogens with zero attached hydrogens (tertiary/aromatic N) is 1. The fourth-order valence-electron chi connectivity index (χ4n) is 5.52. The molecular formula is C31H30N2O4. The lowest BCUT2D eigenvalue weighted by Crippen LogP contribution is -2.55. The maximum atomic E-state index is 14.1. The third-order valence-corrected chi connectivity index (χ3v) is 7.28. The van der Waals surface area contributed by atoms with Gasteiger partial charge >= 0.3 is 11.9 Å². The second-order valence-electron chi connectivity index (χ2n) is 9.64. The van der Waals surface area contributed by atoms with Gasteiger partial charge in [-0.25, -0.2) is 9.59 Å². The van der Waals surface area contributed by atoms with Crippen molar-refractivity contribution in [3.05, 3.63) is 118 Å². The number of aryl methyl sites for hydroxylation is 2. The zero-order chi connectivity index (χ0) is 26.2. The minimum absolute atomic E-state index is 0.217. The smallest absolute Gasteiger partial charge is 0.350 e. The van der Waals surface area contributed by atoms with Crippen molar-refractivity contribution in [2.24, 2.45) is 10.6 Å². The van der Waals surface area contributed by atoms with Crippen LogP contribution in [0.5, 0.6) is 0 Å². The first kappa shape index (κ1) is 24.5. The number of esters is 1. The van der Waals surface area contributed by atoms with E-state index in [0.29, 0.717) is 17.0 Å². The summed E-state index contributed by atoms with van der Waals surface area (Å²) in [5, 5.41) is 7.88. The number of carbonyl (C=O) groups is 2. The molecular weight excluding hydrogens is 464 g/mol. The molecule has 2 heterocycles. The normalized spacial score (nSPS) is 22.9. The number of hydrogen-bond donors (Lipinski definition) is 1. The van der Waals surface area contributed by atoms with Crippen molar-refractivity contribution in [3.63, 3.8) is 0 Å². The zero-order valence-corrected chi connectivity index (χ0v) is 21.4. The molecule has 1 N–H and O–H groups in total. The van der Waals surface area contributed by atoms with Crippen molar-refractivity contribution >= 4 is 17.7 Å². The quantitative estimate of drug-likeness (QED) is 0.374. The number of benzene rings is 3. The lowest BCUT2D eigenvalue weighted by atomic mass is 9.57. The van der Waals surface area contributed by atoms with Crippen LogP contribution in [-0.2, 0) is 19.2 Å². The van der Waals surface area contributed by atoms with Crippen LogP contribution < -0.4 is 5.32 Å². The Morgan fingerprint density at radius 3 is 2.11 bits per heavy atom. The highest BCUT2D eigenvalue weighted by Crippen LogP contribution is 2.57. The Morgan fingerprint density at radius 2 is 1.51 bits per heavy atom. The fourth-order valence-corrected chi connectivity index (χ4v) is 5.52. The molecule has 0 saturated heterocycles. The molecule has 0 aliphatic carbocycles. The fraction of sp³-hybridized carbons (Fsp3) is 0.258. The molecule has 5 rings (SSSR count). The predicted octanol–water partition coefficient (Wildman–Crippen LogP) is 5.52. The Bertz CT molecular complexity index is 1390. The van der Waals surface area contributed by atoms with Crippen LogP contribution in [0.15, 0.2) is 95.3 Å². The first-order valence-corrected chi connectivity index (χ1v) is 12.5. The third-order valence-electron chi connectivity index (χ3n) is 7.28. The van der Waals surface area contributed by atoms with E-state index in [0.717, 1.165) is 27.8 Å². The van der Waals surface area contributed by atoms with Gasteiger partial charge in [0.1, 0.15) is 5.71 Å². The predicted molar refractivity (Wildman–Crippen MR) is 142 cm³/mol. The number of ether oxygens (including phenoxy) is 1. The Morgan fingerprint density at radius 1 is 0.919 bits per heavy atom. The van der Waals surface area contributed by atoms with Gasteiger partial charge < -0.3 is 14.9 Å². The number of nitrogens with one attached hydrogen (secondary N) is 1. The lowest BCUT2D eigenvalue weighted by Gasteiger charge is -2.46. The molecule has 3 aromatic carbocycles. The van der Waals surface area contributed by atoms with Crippen LogP contribution in [0.1, 0.15) is 53.6 Å². The molecule has 3 aromatic rings. The summed E-state index contributed by atoms with van der Waals surface area (Å²) in [6, 6.07) is 25.0. The molecule has 2 aliphatic heterocycles. The second kappa shape index (κ2) is 9.69. The van der Waals surface area contributed by atoms with Gasteiger partial charge in [0, 0.05) is 17.2 Å². The molecule has 37 heavy (non-hydrogen) atoms. The summed E-state index contributed by atoms with van der Waals surface area (Å²) in [5.41, 5.74) is 4.82. The van der Waals surface area contributed by atoms with E-state index in [2.05, 4.69) is 10.5 Å². The maximum absolute atomic E-state index is 14.1. The van der Waals surface area contributed by atoms with Crippen LogP contribution in [0.3, 0.4) is 0 Å². The third kappa shape index (κ3) is 4.02. The van der Waals surface area contributed by atoms with E-state index < -0.39 is 29.3 Å². The zero-order valence-electron chi connectivity index (χ0n) is 21.4. The van der Waals surface area contributed by atoms with Crippen molar-refractivity contribution < 1.29 is 19.2 Å². The van der Waals surface area contributed by atoms with Gasteiger partial charge in [0.2, 0.25) is 0 Å². The Hall–Kier alpha value is -4.19. The second-order valence-corrected chi connectivity index (χ2v) is 9.64. The van der Waals surface area contributed by atoms with E-state index in [9.17, 15) is 9.59 Å². The Labute approximate surface area is 217 Å². The number of carbonyl (C=O) groups excluding carboxylic acids is 2. The molecule has 0 unspecified atom stereocenters. The van der Waals surface area contributed by atoms with E-state index in [1.54, 1.807) is 6.92 Å². The summed E-state index contributed by atoms with van der Waals surface area (Å²) in [6.07, 6.45) is 0. The van der Waals surface area contributed by atoms with Gasteiger partial charge in [-0.15, -0.1) is 0 Å².